The van der Waals surface area contributed by atoms with Gasteiger partial charge in [0.1, 0.15) is 5.82 Å². The predicted octanol–water partition coefficient (Wildman–Crippen LogP) is 1.29. The van der Waals surface area contributed by atoms with Crippen LogP contribution in [0.3, 0.4) is 0 Å². The summed E-state index contributed by atoms with van der Waals surface area (Å²) in [5.41, 5.74) is 5.79. The molecule has 0 heterocycles. The monoisotopic (exact) mass is 210 g/mol. The highest BCUT2D eigenvalue weighted by Gasteiger charge is 2.03. The highest BCUT2D eigenvalue weighted by Crippen LogP contribution is 2.02. The Morgan fingerprint density at radius 3 is 2.53 bits per heavy atom. The molecule has 0 saturated carbocycles. The zero-order valence-corrected chi connectivity index (χ0v) is 8.50. The first kappa shape index (κ1) is 11.7. The van der Waals surface area contributed by atoms with Gasteiger partial charge in [-0.1, -0.05) is 0 Å². The lowest BCUT2D eigenvalue weighted by Gasteiger charge is -2.04. The maximum absolute atomic E-state index is 12.6. The average molecular weight is 210 g/mol. The number of amides is 1. The van der Waals surface area contributed by atoms with Gasteiger partial charge in [-0.3, -0.25) is 4.79 Å². The molecule has 0 unspecified atom stereocenters. The normalized spacial score (nSPS) is 10.0. The van der Waals surface area contributed by atoms with Gasteiger partial charge in [-0.05, 0) is 43.7 Å². The molecule has 0 aliphatic carbocycles. The van der Waals surface area contributed by atoms with Crippen LogP contribution in [0, 0.1) is 5.82 Å². The van der Waals surface area contributed by atoms with E-state index in [-0.39, 0.29) is 11.7 Å². The summed E-state index contributed by atoms with van der Waals surface area (Å²) in [5.74, 6) is -0.512. The first-order valence-electron chi connectivity index (χ1n) is 4.98. The van der Waals surface area contributed by atoms with Crippen LogP contribution in [-0.4, -0.2) is 19.0 Å². The number of halogens is 1. The van der Waals surface area contributed by atoms with E-state index in [1.54, 1.807) is 0 Å². The fourth-order valence-corrected chi connectivity index (χ4v) is 1.17. The largest absolute Gasteiger partial charge is 0.352 e. The number of nitrogens with one attached hydrogen (secondary N) is 1. The first-order chi connectivity index (χ1) is 7.24. The molecule has 0 spiro atoms. The van der Waals surface area contributed by atoms with Crippen molar-refractivity contribution >= 4 is 5.91 Å². The molecule has 0 aromatic heterocycles. The van der Waals surface area contributed by atoms with Gasteiger partial charge in [0.2, 0.25) is 0 Å². The summed E-state index contributed by atoms with van der Waals surface area (Å²) in [6.07, 6.45) is 1.76. The van der Waals surface area contributed by atoms with E-state index in [1.807, 2.05) is 0 Å². The van der Waals surface area contributed by atoms with E-state index < -0.39 is 0 Å². The molecule has 4 heteroatoms. The standard InChI is InChI=1S/C11H15FN2O/c12-10-5-3-9(4-6-10)11(15)14-8-2-1-7-13/h3-6H,1-2,7-8,13H2,(H,14,15). The fraction of sp³-hybridized carbons (Fsp3) is 0.364. The molecule has 0 saturated heterocycles. The van der Waals surface area contributed by atoms with E-state index in [0.717, 1.165) is 12.8 Å². The topological polar surface area (TPSA) is 55.1 Å². The summed E-state index contributed by atoms with van der Waals surface area (Å²) in [6.45, 7) is 1.24. The molecular weight excluding hydrogens is 195 g/mol. The van der Waals surface area contributed by atoms with Crippen LogP contribution in [0.5, 0.6) is 0 Å². The third-order valence-electron chi connectivity index (χ3n) is 2.02. The third kappa shape index (κ3) is 4.08. The third-order valence-corrected chi connectivity index (χ3v) is 2.02. The minimum absolute atomic E-state index is 0.174. The summed E-state index contributed by atoms with van der Waals surface area (Å²) in [5, 5.41) is 2.74. The van der Waals surface area contributed by atoms with Gasteiger partial charge in [-0.25, -0.2) is 4.39 Å². The Balaban J connectivity index is 2.37. The van der Waals surface area contributed by atoms with E-state index in [2.05, 4.69) is 5.32 Å². The molecule has 0 aliphatic rings. The summed E-state index contributed by atoms with van der Waals surface area (Å²) in [4.78, 5) is 11.5. The zero-order valence-electron chi connectivity index (χ0n) is 8.50. The second-order valence-corrected chi connectivity index (χ2v) is 3.26. The maximum Gasteiger partial charge on any atom is 0.251 e. The van der Waals surface area contributed by atoms with Crippen LogP contribution < -0.4 is 11.1 Å². The van der Waals surface area contributed by atoms with Crippen molar-refractivity contribution in [1.29, 1.82) is 0 Å². The molecule has 1 aromatic rings. The van der Waals surface area contributed by atoms with Crippen molar-refractivity contribution in [3.05, 3.63) is 35.6 Å². The van der Waals surface area contributed by atoms with Gasteiger partial charge in [0.15, 0.2) is 0 Å². The number of carbonyl (C=O) groups excluding carboxylic acids is 1. The Hall–Kier alpha value is -1.42. The van der Waals surface area contributed by atoms with Crippen LogP contribution in [0.1, 0.15) is 23.2 Å². The summed E-state index contributed by atoms with van der Waals surface area (Å²) in [7, 11) is 0. The van der Waals surface area contributed by atoms with Gasteiger partial charge >= 0.3 is 0 Å². The number of hydrogen-bond donors (Lipinski definition) is 2. The number of nitrogens with two attached hydrogens (primary N) is 1. The van der Waals surface area contributed by atoms with Gasteiger partial charge in [0, 0.05) is 12.1 Å². The molecule has 3 N–H and O–H groups in total. The van der Waals surface area contributed by atoms with Crippen LogP contribution in [0.2, 0.25) is 0 Å². The molecule has 82 valence electrons. The molecule has 0 radical (unpaired) electrons. The first-order valence-corrected chi connectivity index (χ1v) is 4.98. The molecule has 0 fully saturated rings. The van der Waals surface area contributed by atoms with E-state index in [4.69, 9.17) is 5.73 Å². The summed E-state index contributed by atoms with van der Waals surface area (Å²) < 4.78 is 12.6. The molecule has 1 aromatic carbocycles. The lowest BCUT2D eigenvalue weighted by atomic mass is 10.2. The van der Waals surface area contributed by atoms with Crippen LogP contribution in [0.15, 0.2) is 24.3 Å². The molecule has 0 bridgehead atoms. The van der Waals surface area contributed by atoms with Gasteiger partial charge in [0.25, 0.3) is 5.91 Å². The zero-order chi connectivity index (χ0) is 11.1. The highest BCUT2D eigenvalue weighted by molar-refractivity contribution is 5.94. The van der Waals surface area contributed by atoms with Crippen molar-refractivity contribution < 1.29 is 9.18 Å². The number of benzene rings is 1. The Bertz CT molecular complexity index is 311. The Kier molecular flexibility index (Phi) is 4.77. The molecule has 3 nitrogen and oxygen atoms in total. The molecule has 0 atom stereocenters. The molecule has 1 rings (SSSR count). The highest BCUT2D eigenvalue weighted by atomic mass is 19.1. The molecule has 15 heavy (non-hydrogen) atoms. The van der Waals surface area contributed by atoms with Crippen LogP contribution in [-0.2, 0) is 0 Å². The second-order valence-electron chi connectivity index (χ2n) is 3.26. The smallest absolute Gasteiger partial charge is 0.251 e. The van der Waals surface area contributed by atoms with Crippen LogP contribution in [0.4, 0.5) is 4.39 Å². The van der Waals surface area contributed by atoms with Crippen molar-refractivity contribution in [3.63, 3.8) is 0 Å². The maximum atomic E-state index is 12.6. The fourth-order valence-electron chi connectivity index (χ4n) is 1.17. The number of hydrogen-bond acceptors (Lipinski definition) is 2. The average Bonchev–Trinajstić information content (AvgIpc) is 2.25. The quantitative estimate of drug-likeness (QED) is 0.719. The minimum Gasteiger partial charge on any atom is -0.352 e. The second kappa shape index (κ2) is 6.14. The van der Waals surface area contributed by atoms with Gasteiger partial charge < -0.3 is 11.1 Å². The SMILES string of the molecule is NCCCCNC(=O)c1ccc(F)cc1. The van der Waals surface area contributed by atoms with Gasteiger partial charge in [0.05, 0.1) is 0 Å². The van der Waals surface area contributed by atoms with Crippen molar-refractivity contribution in [2.45, 2.75) is 12.8 Å². The molecular formula is C11H15FN2O. The van der Waals surface area contributed by atoms with E-state index in [0.29, 0.717) is 18.7 Å². The van der Waals surface area contributed by atoms with Crippen molar-refractivity contribution in [3.8, 4) is 0 Å². The summed E-state index contributed by atoms with van der Waals surface area (Å²) >= 11 is 0. The van der Waals surface area contributed by atoms with E-state index in [1.165, 1.54) is 24.3 Å². The Morgan fingerprint density at radius 2 is 1.93 bits per heavy atom. The van der Waals surface area contributed by atoms with Crippen LogP contribution >= 0.6 is 0 Å². The molecule has 1 amide bonds. The lowest BCUT2D eigenvalue weighted by molar-refractivity contribution is 0.0953. The number of carbonyl (C=O) groups is 1. The van der Waals surface area contributed by atoms with E-state index in [9.17, 15) is 9.18 Å². The van der Waals surface area contributed by atoms with Crippen molar-refractivity contribution in [2.24, 2.45) is 5.73 Å². The van der Waals surface area contributed by atoms with Crippen LogP contribution in [0.25, 0.3) is 0 Å². The minimum atomic E-state index is -0.338. The van der Waals surface area contributed by atoms with Gasteiger partial charge in [-0.2, -0.15) is 0 Å². The van der Waals surface area contributed by atoms with Crippen molar-refractivity contribution in [2.75, 3.05) is 13.1 Å². The summed E-state index contributed by atoms with van der Waals surface area (Å²) in [6, 6.07) is 5.48. The molecule has 0 aliphatic heterocycles. The van der Waals surface area contributed by atoms with E-state index >= 15 is 0 Å². The Labute approximate surface area is 88.5 Å². The Morgan fingerprint density at radius 1 is 1.27 bits per heavy atom. The number of rotatable bonds is 5. The number of unbranched alkanes of at least 4 members (excludes halogenated alkanes) is 1. The van der Waals surface area contributed by atoms with Gasteiger partial charge in [-0.15, -0.1) is 0 Å². The lowest BCUT2D eigenvalue weighted by Crippen LogP contribution is -2.24. The predicted molar refractivity (Wildman–Crippen MR) is 57.0 cm³/mol. The van der Waals surface area contributed by atoms with Crippen molar-refractivity contribution in [1.82, 2.24) is 5.32 Å².